The van der Waals surface area contributed by atoms with Crippen molar-refractivity contribution in [2.75, 3.05) is 20.3 Å². The first kappa shape index (κ1) is 14.4. The number of aromatic nitrogens is 1. The second kappa shape index (κ2) is 6.91. The zero-order chi connectivity index (χ0) is 12.7. The first-order chi connectivity index (χ1) is 8.09. The highest BCUT2D eigenvalue weighted by Crippen LogP contribution is 2.12. The second-order valence-corrected chi connectivity index (χ2v) is 4.73. The van der Waals surface area contributed by atoms with Crippen LogP contribution in [0, 0.1) is 0 Å². The molecule has 4 nitrogen and oxygen atoms in total. The maximum Gasteiger partial charge on any atom is 0.0642 e. The normalized spacial score (nSPS) is 14.6. The molecule has 0 spiro atoms. The lowest BCUT2D eigenvalue weighted by Gasteiger charge is -2.29. The lowest BCUT2D eigenvalue weighted by atomic mass is 9.99. The van der Waals surface area contributed by atoms with Gasteiger partial charge in [0.25, 0.3) is 0 Å². The molecule has 0 radical (unpaired) electrons. The summed E-state index contributed by atoms with van der Waals surface area (Å²) in [4.78, 5) is 4.20. The van der Waals surface area contributed by atoms with Crippen LogP contribution in [0.25, 0.3) is 0 Å². The van der Waals surface area contributed by atoms with Crippen LogP contribution in [0.3, 0.4) is 0 Å². The Morgan fingerprint density at radius 2 is 2.29 bits per heavy atom. The van der Waals surface area contributed by atoms with E-state index in [0.29, 0.717) is 24.6 Å². The van der Waals surface area contributed by atoms with Gasteiger partial charge in [-0.1, -0.05) is 11.6 Å². The zero-order valence-electron chi connectivity index (χ0n) is 10.2. The Labute approximate surface area is 107 Å². The Kier molecular flexibility index (Phi) is 5.85. The Morgan fingerprint density at radius 1 is 1.53 bits per heavy atom. The molecule has 0 bridgehead atoms. The molecular weight excluding hydrogens is 240 g/mol. The molecule has 1 heterocycles. The largest absolute Gasteiger partial charge is 0.396 e. The van der Waals surface area contributed by atoms with Gasteiger partial charge >= 0.3 is 0 Å². The van der Waals surface area contributed by atoms with E-state index in [-0.39, 0.29) is 12.1 Å². The Balaban J connectivity index is 2.54. The van der Waals surface area contributed by atoms with Crippen molar-refractivity contribution in [2.24, 2.45) is 0 Å². The van der Waals surface area contributed by atoms with Crippen LogP contribution in [0.4, 0.5) is 0 Å². The Hall–Kier alpha value is -0.680. The molecule has 17 heavy (non-hydrogen) atoms. The molecule has 0 aromatic carbocycles. The van der Waals surface area contributed by atoms with Gasteiger partial charge < -0.3 is 15.2 Å². The Bertz CT molecular complexity index is 324. The van der Waals surface area contributed by atoms with Crippen molar-refractivity contribution >= 4 is 11.6 Å². The number of pyridine rings is 1. The molecule has 1 atom stereocenters. The van der Waals surface area contributed by atoms with Gasteiger partial charge in [0.1, 0.15) is 0 Å². The van der Waals surface area contributed by atoms with E-state index in [1.54, 1.807) is 13.3 Å². The van der Waals surface area contributed by atoms with Crippen molar-refractivity contribution < 1.29 is 9.84 Å². The van der Waals surface area contributed by atoms with E-state index >= 15 is 0 Å². The average molecular weight is 259 g/mol. The molecule has 5 heteroatoms. The van der Waals surface area contributed by atoms with Gasteiger partial charge in [0.15, 0.2) is 0 Å². The van der Waals surface area contributed by atoms with Crippen molar-refractivity contribution in [1.29, 1.82) is 0 Å². The molecule has 2 N–H and O–H groups in total. The number of nitrogens with zero attached hydrogens (tertiary/aromatic N) is 1. The van der Waals surface area contributed by atoms with Crippen molar-refractivity contribution in [3.8, 4) is 0 Å². The molecule has 96 valence electrons. The van der Waals surface area contributed by atoms with E-state index in [9.17, 15) is 0 Å². The minimum absolute atomic E-state index is 0.126. The molecule has 1 unspecified atom stereocenters. The van der Waals surface area contributed by atoms with E-state index in [1.165, 1.54) is 0 Å². The number of aliphatic hydroxyl groups is 1. The Morgan fingerprint density at radius 3 is 2.82 bits per heavy atom. The van der Waals surface area contributed by atoms with Gasteiger partial charge in [-0.2, -0.15) is 0 Å². The number of rotatable bonds is 7. The molecule has 0 aliphatic carbocycles. The third-order valence-corrected chi connectivity index (χ3v) is 2.83. The van der Waals surface area contributed by atoms with Crippen LogP contribution in [0.2, 0.25) is 5.02 Å². The summed E-state index contributed by atoms with van der Waals surface area (Å²) in [5, 5.41) is 13.0. The summed E-state index contributed by atoms with van der Waals surface area (Å²) in [6.07, 6.45) is 2.26. The number of hydrogen-bond donors (Lipinski definition) is 2. The molecule has 1 aromatic heterocycles. The third-order valence-electron chi connectivity index (χ3n) is 2.61. The number of aliphatic hydroxyl groups excluding tert-OH is 1. The number of ether oxygens (including phenoxy) is 1. The molecule has 1 aromatic rings. The average Bonchev–Trinajstić information content (AvgIpc) is 2.29. The fraction of sp³-hybridized carbons (Fsp3) is 0.583. The lowest BCUT2D eigenvalue weighted by Crippen LogP contribution is -2.46. The summed E-state index contributed by atoms with van der Waals surface area (Å²) in [7, 11) is 1.65. The maximum absolute atomic E-state index is 9.03. The highest BCUT2D eigenvalue weighted by molar-refractivity contribution is 6.30. The number of nitrogens with one attached hydrogen (secondary N) is 1. The number of hydrogen-bond acceptors (Lipinski definition) is 4. The van der Waals surface area contributed by atoms with E-state index < -0.39 is 0 Å². The van der Waals surface area contributed by atoms with E-state index in [2.05, 4.69) is 10.3 Å². The lowest BCUT2D eigenvalue weighted by molar-refractivity contribution is 0.0967. The molecule has 0 saturated heterocycles. The third kappa shape index (κ3) is 5.00. The second-order valence-electron chi connectivity index (χ2n) is 4.29. The van der Waals surface area contributed by atoms with Crippen LogP contribution < -0.4 is 5.32 Å². The van der Waals surface area contributed by atoms with Crippen LogP contribution in [0.15, 0.2) is 18.3 Å². The van der Waals surface area contributed by atoms with Crippen LogP contribution in [-0.2, 0) is 11.3 Å². The molecule has 0 aliphatic rings. The zero-order valence-corrected chi connectivity index (χ0v) is 11.0. The summed E-state index contributed by atoms with van der Waals surface area (Å²) in [6.45, 7) is 3.31. The standard InChI is InChI=1S/C12H19ClN2O2/c1-12(5-6-16,9-17-2)15-8-11-4-3-10(13)7-14-11/h3-4,7,15-16H,5-6,8-9H2,1-2H3. The maximum atomic E-state index is 9.03. The topological polar surface area (TPSA) is 54.4 Å². The summed E-state index contributed by atoms with van der Waals surface area (Å²) in [6, 6.07) is 3.69. The first-order valence-corrected chi connectivity index (χ1v) is 5.93. The van der Waals surface area contributed by atoms with Crippen molar-refractivity contribution in [2.45, 2.75) is 25.4 Å². The summed E-state index contributed by atoms with van der Waals surface area (Å²) < 4.78 is 5.15. The monoisotopic (exact) mass is 258 g/mol. The molecule has 0 saturated carbocycles. The van der Waals surface area contributed by atoms with Crippen LogP contribution >= 0.6 is 11.6 Å². The van der Waals surface area contributed by atoms with Crippen molar-refractivity contribution in [1.82, 2.24) is 10.3 Å². The van der Waals surface area contributed by atoms with E-state index in [4.69, 9.17) is 21.4 Å². The smallest absolute Gasteiger partial charge is 0.0642 e. The minimum Gasteiger partial charge on any atom is -0.396 e. The molecule has 0 fully saturated rings. The highest BCUT2D eigenvalue weighted by atomic mass is 35.5. The molecular formula is C12H19ClN2O2. The van der Waals surface area contributed by atoms with Crippen LogP contribution in [0.5, 0.6) is 0 Å². The highest BCUT2D eigenvalue weighted by Gasteiger charge is 2.22. The van der Waals surface area contributed by atoms with Crippen LogP contribution in [0.1, 0.15) is 19.0 Å². The van der Waals surface area contributed by atoms with Gasteiger partial charge in [-0.25, -0.2) is 0 Å². The predicted molar refractivity (Wildman–Crippen MR) is 68.1 cm³/mol. The summed E-state index contributed by atoms with van der Waals surface area (Å²) >= 11 is 5.77. The number of halogens is 1. The van der Waals surface area contributed by atoms with Gasteiger partial charge in [-0.3, -0.25) is 4.98 Å². The molecule has 0 amide bonds. The SMILES string of the molecule is COCC(C)(CCO)NCc1ccc(Cl)cn1. The van der Waals surface area contributed by atoms with E-state index in [0.717, 1.165) is 5.69 Å². The molecule has 0 aliphatic heterocycles. The fourth-order valence-electron chi connectivity index (χ4n) is 1.59. The minimum atomic E-state index is -0.245. The van der Waals surface area contributed by atoms with Gasteiger partial charge in [0.2, 0.25) is 0 Å². The number of methoxy groups -OCH3 is 1. The van der Waals surface area contributed by atoms with Crippen LogP contribution in [-0.4, -0.2) is 36.0 Å². The quantitative estimate of drug-likeness (QED) is 0.780. The summed E-state index contributed by atoms with van der Waals surface area (Å²) in [5.74, 6) is 0. The van der Waals surface area contributed by atoms with Crippen molar-refractivity contribution in [3.63, 3.8) is 0 Å². The van der Waals surface area contributed by atoms with Gasteiger partial charge in [-0.05, 0) is 25.5 Å². The van der Waals surface area contributed by atoms with Gasteiger partial charge in [0.05, 0.1) is 17.3 Å². The van der Waals surface area contributed by atoms with Crippen molar-refractivity contribution in [3.05, 3.63) is 29.0 Å². The molecule has 1 rings (SSSR count). The van der Waals surface area contributed by atoms with Gasteiger partial charge in [-0.15, -0.1) is 0 Å². The summed E-state index contributed by atoms with van der Waals surface area (Å²) in [5.41, 5.74) is 0.667. The fourth-order valence-corrected chi connectivity index (χ4v) is 1.70. The van der Waals surface area contributed by atoms with E-state index in [1.807, 2.05) is 19.1 Å². The first-order valence-electron chi connectivity index (χ1n) is 5.55. The predicted octanol–water partition coefficient (Wildman–Crippen LogP) is 1.61. The van der Waals surface area contributed by atoms with Gasteiger partial charge in [0, 0.05) is 32.0 Å².